The van der Waals surface area contributed by atoms with E-state index in [0.717, 1.165) is 90.7 Å². The molecule has 0 unspecified atom stereocenters. The van der Waals surface area contributed by atoms with Gasteiger partial charge in [-0.2, -0.15) is 0 Å². The van der Waals surface area contributed by atoms with E-state index in [4.69, 9.17) is 14.5 Å². The minimum absolute atomic E-state index is 0.275. The van der Waals surface area contributed by atoms with E-state index in [1.165, 1.54) is 19.9 Å². The Labute approximate surface area is 305 Å². The Bertz CT molecular complexity index is 1940. The number of aromatic nitrogens is 2. The molecule has 4 aromatic rings. The zero-order valence-corrected chi connectivity index (χ0v) is 30.7. The van der Waals surface area contributed by atoms with Gasteiger partial charge in [0, 0.05) is 49.9 Å². The number of anilines is 1. The number of hydrogen-bond acceptors (Lipinski definition) is 9. The standard InChI is InChI=1S/C40H49N7O5/c1-28-13-16-34(36(24-28)52-23-8-5-10-30(27-48)46-21-19-44(3)20-22-46)47(40(50)41-2)39(49)29-14-15-31(35(25-29)51-4)32-11-9-12-33-38(32)43-37(42-33)26-45-17-6-7-18-45/h9,11-16,24-25H,5-8,10,17-23,26H2,1-4H3,(H,41,50)(H,42,43). The first-order valence-electron chi connectivity index (χ1n) is 18.1. The number of nitrogens with one attached hydrogen (secondary N) is 2. The number of imidazole rings is 1. The number of carbonyl (C=O) groups is 2. The van der Waals surface area contributed by atoms with Gasteiger partial charge in [-0.1, -0.05) is 18.2 Å². The number of likely N-dealkylation sites (N-methyl/N-ethyl adjacent to an activating group) is 1. The summed E-state index contributed by atoms with van der Waals surface area (Å²) in [6.07, 6.45) is 4.47. The predicted octanol–water partition coefficient (Wildman–Crippen LogP) is 5.64. The summed E-state index contributed by atoms with van der Waals surface area (Å²) < 4.78 is 12.1. The zero-order chi connectivity index (χ0) is 36.6. The SMILES string of the molecule is CNC(=O)N(C(=O)c1ccc(-c2cccc3[nH]c(CN4CCCC4)nc23)c(OC)c1)c1ccc(C)cc1OCCCCC(=C=O)N1CCN(C)CC1. The molecule has 1 aromatic heterocycles. The second-order valence-electron chi connectivity index (χ2n) is 13.6. The fraction of sp³-hybridized carbons (Fsp3) is 0.425. The first-order chi connectivity index (χ1) is 25.3. The summed E-state index contributed by atoms with van der Waals surface area (Å²) in [4.78, 5) is 55.6. The van der Waals surface area contributed by atoms with E-state index in [9.17, 15) is 14.4 Å². The largest absolute Gasteiger partial charge is 0.496 e. The molecule has 12 nitrogen and oxygen atoms in total. The highest BCUT2D eigenvalue weighted by Gasteiger charge is 2.28. The van der Waals surface area contributed by atoms with Crippen molar-refractivity contribution in [2.45, 2.75) is 45.6 Å². The number of unbranched alkanes of at least 4 members (excludes halogenated alkanes) is 1. The van der Waals surface area contributed by atoms with Crippen molar-refractivity contribution in [1.29, 1.82) is 0 Å². The predicted molar refractivity (Wildman–Crippen MR) is 203 cm³/mol. The van der Waals surface area contributed by atoms with Crippen molar-refractivity contribution in [3.63, 3.8) is 0 Å². The van der Waals surface area contributed by atoms with Gasteiger partial charge in [-0.15, -0.1) is 0 Å². The van der Waals surface area contributed by atoms with Crippen LogP contribution in [0.4, 0.5) is 10.5 Å². The van der Waals surface area contributed by atoms with Gasteiger partial charge in [0.2, 0.25) is 0 Å². The number of allylic oxidation sites excluding steroid dienone is 1. The number of para-hydroxylation sites is 1. The summed E-state index contributed by atoms with van der Waals surface area (Å²) in [7, 11) is 5.14. The highest BCUT2D eigenvalue weighted by atomic mass is 16.5. The molecule has 0 spiro atoms. The minimum Gasteiger partial charge on any atom is -0.496 e. The van der Waals surface area contributed by atoms with Gasteiger partial charge in [0.15, 0.2) is 0 Å². The highest BCUT2D eigenvalue weighted by Crippen LogP contribution is 2.37. The summed E-state index contributed by atoms with van der Waals surface area (Å²) in [6, 6.07) is 16.0. The molecule has 2 N–H and O–H groups in total. The van der Waals surface area contributed by atoms with E-state index in [2.05, 4.69) is 38.0 Å². The van der Waals surface area contributed by atoms with Crippen LogP contribution < -0.4 is 19.7 Å². The number of ether oxygens (including phenoxy) is 2. The molecule has 2 saturated heterocycles. The lowest BCUT2D eigenvalue weighted by Crippen LogP contribution is -2.44. The molecule has 0 bridgehead atoms. The van der Waals surface area contributed by atoms with Gasteiger partial charge in [0.25, 0.3) is 5.91 Å². The number of amides is 3. The van der Waals surface area contributed by atoms with E-state index in [1.54, 1.807) is 25.3 Å². The summed E-state index contributed by atoms with van der Waals surface area (Å²) in [5.74, 6) is 3.43. The maximum atomic E-state index is 14.2. The van der Waals surface area contributed by atoms with Crippen LogP contribution in [0.5, 0.6) is 11.5 Å². The highest BCUT2D eigenvalue weighted by molar-refractivity contribution is 6.21. The molecule has 2 aliphatic rings. The van der Waals surface area contributed by atoms with Gasteiger partial charge in [-0.05, 0) is 101 Å². The molecule has 0 radical (unpaired) electrons. The van der Waals surface area contributed by atoms with Crippen LogP contribution in [0.15, 0.2) is 60.3 Å². The molecule has 274 valence electrons. The summed E-state index contributed by atoms with van der Waals surface area (Å²) in [5.41, 5.74) is 5.66. The Morgan fingerprint density at radius 3 is 2.48 bits per heavy atom. The van der Waals surface area contributed by atoms with Crippen LogP contribution >= 0.6 is 0 Å². The number of urea groups is 1. The number of hydrogen-bond donors (Lipinski definition) is 2. The minimum atomic E-state index is -0.596. The van der Waals surface area contributed by atoms with Crippen LogP contribution in [-0.4, -0.2) is 110 Å². The Hall–Kier alpha value is -5.16. The lowest BCUT2D eigenvalue weighted by molar-refractivity contribution is 0.0992. The van der Waals surface area contributed by atoms with Crippen LogP contribution in [0.3, 0.4) is 0 Å². The Balaban J connectivity index is 1.19. The number of aryl methyl sites for hydroxylation is 1. The number of imide groups is 1. The molecule has 3 amide bonds. The molecule has 0 atom stereocenters. The summed E-state index contributed by atoms with van der Waals surface area (Å²) in [5, 5.41) is 2.62. The van der Waals surface area contributed by atoms with Crippen LogP contribution in [0.2, 0.25) is 0 Å². The van der Waals surface area contributed by atoms with Crippen LogP contribution in [0.25, 0.3) is 22.2 Å². The van der Waals surface area contributed by atoms with Gasteiger partial charge >= 0.3 is 6.03 Å². The summed E-state index contributed by atoms with van der Waals surface area (Å²) >= 11 is 0. The third-order valence-electron chi connectivity index (χ3n) is 9.92. The second-order valence-corrected chi connectivity index (χ2v) is 13.6. The Morgan fingerprint density at radius 2 is 1.75 bits per heavy atom. The number of carbonyl (C=O) groups excluding carboxylic acids is 3. The second kappa shape index (κ2) is 16.9. The van der Waals surface area contributed by atoms with Crippen LogP contribution in [0.1, 0.15) is 53.8 Å². The van der Waals surface area contributed by atoms with Crippen LogP contribution in [0, 0.1) is 6.92 Å². The molecule has 3 heterocycles. The van der Waals surface area contributed by atoms with Gasteiger partial charge in [0.1, 0.15) is 23.3 Å². The average Bonchev–Trinajstić information content (AvgIpc) is 3.84. The topological polar surface area (TPSA) is 123 Å². The van der Waals surface area contributed by atoms with E-state index in [-0.39, 0.29) is 5.56 Å². The molecular formula is C40H49N7O5. The van der Waals surface area contributed by atoms with E-state index >= 15 is 0 Å². The number of likely N-dealkylation sites (tertiary alicyclic amines) is 1. The maximum absolute atomic E-state index is 14.2. The number of rotatable bonds is 13. The molecule has 52 heavy (non-hydrogen) atoms. The average molecular weight is 708 g/mol. The molecule has 12 heteroatoms. The maximum Gasteiger partial charge on any atom is 0.328 e. The van der Waals surface area contributed by atoms with Crippen molar-refractivity contribution < 1.29 is 23.9 Å². The number of nitrogens with zero attached hydrogens (tertiary/aromatic N) is 5. The van der Waals surface area contributed by atoms with Crippen molar-refractivity contribution in [2.75, 3.05) is 72.0 Å². The zero-order valence-electron chi connectivity index (χ0n) is 30.7. The molecule has 0 saturated carbocycles. The first kappa shape index (κ1) is 36.6. The van der Waals surface area contributed by atoms with Gasteiger partial charge < -0.3 is 29.6 Å². The Morgan fingerprint density at radius 1 is 0.962 bits per heavy atom. The van der Waals surface area contributed by atoms with Gasteiger partial charge in [-0.3, -0.25) is 9.69 Å². The van der Waals surface area contributed by atoms with Crippen LogP contribution in [-0.2, 0) is 11.3 Å². The van der Waals surface area contributed by atoms with E-state index in [0.29, 0.717) is 42.3 Å². The van der Waals surface area contributed by atoms with Crippen molar-refractivity contribution in [3.8, 4) is 22.6 Å². The first-order valence-corrected chi connectivity index (χ1v) is 18.1. The normalized spacial score (nSPS) is 15.0. The number of fused-ring (bicyclic) bond motifs is 1. The molecule has 2 aliphatic heterocycles. The number of H-pyrrole nitrogens is 1. The fourth-order valence-corrected chi connectivity index (χ4v) is 6.98. The third kappa shape index (κ3) is 8.31. The molecule has 3 aromatic carbocycles. The monoisotopic (exact) mass is 707 g/mol. The molecule has 6 rings (SSSR count). The van der Waals surface area contributed by atoms with Crippen molar-refractivity contribution >= 4 is 34.6 Å². The van der Waals surface area contributed by atoms with E-state index < -0.39 is 11.9 Å². The fourth-order valence-electron chi connectivity index (χ4n) is 6.98. The lowest BCUT2D eigenvalue weighted by Gasteiger charge is -2.34. The lowest BCUT2D eigenvalue weighted by atomic mass is 10.0. The van der Waals surface area contributed by atoms with Gasteiger partial charge in [0.05, 0.1) is 42.7 Å². The molecule has 0 aliphatic carbocycles. The van der Waals surface area contributed by atoms with Crippen molar-refractivity contribution in [1.82, 2.24) is 30.0 Å². The van der Waals surface area contributed by atoms with Crippen molar-refractivity contribution in [3.05, 3.63) is 77.2 Å². The smallest absolute Gasteiger partial charge is 0.328 e. The molecule has 2 fully saturated rings. The third-order valence-corrected chi connectivity index (χ3v) is 9.92. The summed E-state index contributed by atoms with van der Waals surface area (Å²) in [6.45, 7) is 8.69. The quantitative estimate of drug-likeness (QED) is 0.134. The number of benzene rings is 3. The number of methoxy groups -OCH3 is 1. The molecular weight excluding hydrogens is 658 g/mol. The number of aromatic amines is 1. The van der Waals surface area contributed by atoms with Gasteiger partial charge in [-0.25, -0.2) is 19.5 Å². The van der Waals surface area contributed by atoms with E-state index in [1.807, 2.05) is 43.3 Å². The van der Waals surface area contributed by atoms with Crippen molar-refractivity contribution in [2.24, 2.45) is 0 Å². The number of piperazine rings is 1. The Kier molecular flexibility index (Phi) is 11.9.